The Kier molecular flexibility index (Phi) is 5.72. The third-order valence-corrected chi connectivity index (χ3v) is 6.21. The minimum Gasteiger partial charge on any atom is -0.378 e. The highest BCUT2D eigenvalue weighted by Crippen LogP contribution is 2.28. The van der Waals surface area contributed by atoms with E-state index in [1.807, 2.05) is 22.8 Å². The number of amides is 1. The predicted octanol–water partition coefficient (Wildman–Crippen LogP) is 2.87. The van der Waals surface area contributed by atoms with Crippen LogP contribution >= 0.6 is 0 Å². The number of nitrogens with zero attached hydrogens (tertiary/aromatic N) is 3. The van der Waals surface area contributed by atoms with Crippen molar-refractivity contribution in [1.82, 2.24) is 9.97 Å². The van der Waals surface area contributed by atoms with Gasteiger partial charge < -0.3 is 24.8 Å². The number of aromatic nitrogens is 2. The van der Waals surface area contributed by atoms with Crippen LogP contribution in [0.25, 0.3) is 10.9 Å². The minimum atomic E-state index is -0.867. The molecule has 2 aliphatic rings. The maximum atomic E-state index is 13.8. The summed E-state index contributed by atoms with van der Waals surface area (Å²) in [5.74, 6) is 0.306. The third kappa shape index (κ3) is 4.41. The van der Waals surface area contributed by atoms with Crippen molar-refractivity contribution in [1.29, 1.82) is 0 Å². The van der Waals surface area contributed by atoms with Gasteiger partial charge in [-0.25, -0.2) is 9.37 Å². The molecule has 1 atom stereocenters. The molecule has 9 heteroatoms. The smallest absolute Gasteiger partial charge is 0.259 e. The molecule has 3 aromatic rings. The Morgan fingerprint density at radius 2 is 2.00 bits per heavy atom. The molecule has 0 unspecified atom stereocenters. The van der Waals surface area contributed by atoms with Gasteiger partial charge in [0.05, 0.1) is 30.7 Å². The number of hydrogen-bond acceptors (Lipinski definition) is 6. The molecule has 2 aliphatic heterocycles. The average Bonchev–Trinajstić information content (AvgIpc) is 3.26. The Labute approximate surface area is 190 Å². The molecule has 8 nitrogen and oxygen atoms in total. The van der Waals surface area contributed by atoms with E-state index < -0.39 is 6.17 Å². The number of aromatic amines is 1. The average molecular weight is 452 g/mol. The van der Waals surface area contributed by atoms with Crippen LogP contribution in [0.15, 0.2) is 41.3 Å². The predicted molar refractivity (Wildman–Crippen MR) is 126 cm³/mol. The molecule has 1 amide bonds. The molecule has 2 saturated heterocycles. The first kappa shape index (κ1) is 21.4. The molecule has 2 N–H and O–H groups in total. The fourth-order valence-corrected chi connectivity index (χ4v) is 4.46. The monoisotopic (exact) mass is 451 g/mol. The number of pyridine rings is 2. The molecule has 4 heterocycles. The number of H-pyrrole nitrogens is 1. The molecule has 2 aromatic heterocycles. The second-order valence-corrected chi connectivity index (χ2v) is 8.53. The molecule has 33 heavy (non-hydrogen) atoms. The van der Waals surface area contributed by atoms with E-state index in [1.165, 1.54) is 6.07 Å². The van der Waals surface area contributed by atoms with E-state index >= 15 is 0 Å². The number of morpholine rings is 1. The van der Waals surface area contributed by atoms with E-state index in [1.54, 1.807) is 24.4 Å². The number of fused-ring (bicyclic) bond motifs is 1. The van der Waals surface area contributed by atoms with Gasteiger partial charge in [-0.05, 0) is 43.2 Å². The first-order valence-electron chi connectivity index (χ1n) is 11.1. The summed E-state index contributed by atoms with van der Waals surface area (Å²) in [4.78, 5) is 36.5. The summed E-state index contributed by atoms with van der Waals surface area (Å²) in [6, 6.07) is 8.72. The van der Waals surface area contributed by atoms with Gasteiger partial charge in [0, 0.05) is 48.8 Å². The summed E-state index contributed by atoms with van der Waals surface area (Å²) in [6.45, 7) is 5.20. The van der Waals surface area contributed by atoms with Crippen LogP contribution in [0, 0.1) is 6.92 Å². The number of halogens is 1. The van der Waals surface area contributed by atoms with Gasteiger partial charge in [0.15, 0.2) is 0 Å². The molecule has 0 radical (unpaired) electrons. The molecule has 2 fully saturated rings. The van der Waals surface area contributed by atoms with Crippen molar-refractivity contribution >= 4 is 34.0 Å². The van der Waals surface area contributed by atoms with Crippen molar-refractivity contribution in [3.05, 3.63) is 58.0 Å². The van der Waals surface area contributed by atoms with Crippen molar-refractivity contribution in [2.45, 2.75) is 19.5 Å². The number of nitrogens with one attached hydrogen (secondary N) is 2. The van der Waals surface area contributed by atoms with Crippen molar-refractivity contribution in [2.24, 2.45) is 0 Å². The van der Waals surface area contributed by atoms with Crippen molar-refractivity contribution in [3.63, 3.8) is 0 Å². The normalized spacial score (nSPS) is 18.7. The number of hydrogen-bond donors (Lipinski definition) is 2. The van der Waals surface area contributed by atoms with Crippen molar-refractivity contribution in [2.75, 3.05) is 54.5 Å². The standard InChI is InChI=1S/C24H26FN5O3/c1-15-10-22(31)28-21-3-2-17(11-19(15)21)27-24(32)20-12-18(30-5-4-16(25)14-30)13-26-23(20)29-6-8-33-9-7-29/h2-3,10-13,16H,4-9,14H2,1H3,(H,27,32)(H,28,31)/t16-/m1/s1. The molecule has 0 bridgehead atoms. The van der Waals surface area contributed by atoms with Gasteiger partial charge >= 0.3 is 0 Å². The number of ether oxygens (including phenoxy) is 1. The number of alkyl halides is 1. The number of anilines is 3. The van der Waals surface area contributed by atoms with E-state index in [4.69, 9.17) is 4.74 Å². The van der Waals surface area contributed by atoms with Crippen LogP contribution in [0.3, 0.4) is 0 Å². The first-order chi connectivity index (χ1) is 16.0. The Balaban J connectivity index is 1.48. The summed E-state index contributed by atoms with van der Waals surface area (Å²) >= 11 is 0. The molecule has 0 spiro atoms. The quantitative estimate of drug-likeness (QED) is 0.634. The van der Waals surface area contributed by atoms with Crippen LogP contribution in [0.5, 0.6) is 0 Å². The lowest BCUT2D eigenvalue weighted by molar-refractivity contribution is 0.102. The van der Waals surface area contributed by atoms with Gasteiger partial charge in [-0.1, -0.05) is 0 Å². The first-order valence-corrected chi connectivity index (χ1v) is 11.1. The third-order valence-electron chi connectivity index (χ3n) is 6.21. The van der Waals surface area contributed by atoms with Crippen LogP contribution in [0.4, 0.5) is 21.6 Å². The highest BCUT2D eigenvalue weighted by atomic mass is 19.1. The van der Waals surface area contributed by atoms with Gasteiger partial charge in [-0.15, -0.1) is 0 Å². The molecular formula is C24H26FN5O3. The second-order valence-electron chi connectivity index (χ2n) is 8.53. The number of carbonyl (C=O) groups is 1. The van der Waals surface area contributed by atoms with E-state index in [0.717, 1.165) is 16.6 Å². The number of aryl methyl sites for hydroxylation is 1. The van der Waals surface area contributed by atoms with Crippen LogP contribution < -0.4 is 20.7 Å². The SMILES string of the molecule is Cc1cc(=O)[nH]c2ccc(NC(=O)c3cc(N4CC[C@@H](F)C4)cnc3N3CCOCC3)cc12. The number of benzene rings is 1. The Morgan fingerprint density at radius 1 is 1.18 bits per heavy atom. The molecule has 0 aliphatic carbocycles. The summed E-state index contributed by atoms with van der Waals surface area (Å²) in [5.41, 5.74) is 3.18. The Hall–Kier alpha value is -3.46. The number of rotatable bonds is 4. The lowest BCUT2D eigenvalue weighted by Gasteiger charge is -2.30. The van der Waals surface area contributed by atoms with Crippen molar-refractivity contribution in [3.8, 4) is 0 Å². The molecule has 1 aromatic carbocycles. The maximum absolute atomic E-state index is 13.8. The van der Waals surface area contributed by atoms with Gasteiger partial charge in [0.25, 0.3) is 5.91 Å². The van der Waals surface area contributed by atoms with Crippen LogP contribution in [0.2, 0.25) is 0 Å². The summed E-state index contributed by atoms with van der Waals surface area (Å²) in [7, 11) is 0. The van der Waals surface area contributed by atoms with Crippen molar-refractivity contribution < 1.29 is 13.9 Å². The fraction of sp³-hybridized carbons (Fsp3) is 0.375. The Bertz CT molecular complexity index is 1250. The van der Waals surface area contributed by atoms with E-state index in [9.17, 15) is 14.0 Å². The van der Waals surface area contributed by atoms with E-state index in [0.29, 0.717) is 68.4 Å². The highest BCUT2D eigenvalue weighted by Gasteiger charge is 2.26. The van der Waals surface area contributed by atoms with E-state index in [-0.39, 0.29) is 11.5 Å². The maximum Gasteiger partial charge on any atom is 0.259 e. The van der Waals surface area contributed by atoms with Gasteiger partial charge in [0.1, 0.15) is 12.0 Å². The fourth-order valence-electron chi connectivity index (χ4n) is 4.46. The summed E-state index contributed by atoms with van der Waals surface area (Å²) < 4.78 is 19.2. The molecule has 5 rings (SSSR count). The van der Waals surface area contributed by atoms with Crippen LogP contribution in [-0.2, 0) is 4.74 Å². The highest BCUT2D eigenvalue weighted by molar-refractivity contribution is 6.08. The van der Waals surface area contributed by atoms with Gasteiger partial charge in [0.2, 0.25) is 5.56 Å². The van der Waals surface area contributed by atoms with Gasteiger partial charge in [-0.2, -0.15) is 0 Å². The number of carbonyl (C=O) groups excluding carboxylic acids is 1. The minimum absolute atomic E-state index is 0.160. The molecule has 172 valence electrons. The van der Waals surface area contributed by atoms with Crippen LogP contribution in [-0.4, -0.2) is 61.4 Å². The zero-order chi connectivity index (χ0) is 22.9. The zero-order valence-corrected chi connectivity index (χ0v) is 18.4. The largest absolute Gasteiger partial charge is 0.378 e. The van der Waals surface area contributed by atoms with Gasteiger partial charge in [-0.3, -0.25) is 9.59 Å². The molecule has 0 saturated carbocycles. The topological polar surface area (TPSA) is 90.6 Å². The zero-order valence-electron chi connectivity index (χ0n) is 18.4. The lowest BCUT2D eigenvalue weighted by Crippen LogP contribution is -2.38. The van der Waals surface area contributed by atoms with Crippen LogP contribution in [0.1, 0.15) is 22.3 Å². The summed E-state index contributed by atoms with van der Waals surface area (Å²) in [5, 5.41) is 3.84. The van der Waals surface area contributed by atoms with E-state index in [2.05, 4.69) is 15.3 Å². The molecular weight excluding hydrogens is 425 g/mol. The summed E-state index contributed by atoms with van der Waals surface area (Å²) in [6.07, 6.45) is 1.33. The lowest BCUT2D eigenvalue weighted by atomic mass is 10.1. The Morgan fingerprint density at radius 3 is 2.76 bits per heavy atom. The second kappa shape index (κ2) is 8.82.